The molecule has 0 amide bonds. The maximum Gasteiger partial charge on any atom is -0.0169 e. The van der Waals surface area contributed by atoms with Crippen LogP contribution in [0.15, 0.2) is 36.5 Å². The van der Waals surface area contributed by atoms with E-state index in [4.69, 9.17) is 0 Å². The van der Waals surface area contributed by atoms with Gasteiger partial charge >= 0.3 is 0 Å². The molecule has 0 heteroatoms. The molecular weight excluding hydrogens is 252 g/mol. The highest BCUT2D eigenvalue weighted by Crippen LogP contribution is 2.07. The van der Waals surface area contributed by atoms with E-state index in [0.29, 0.717) is 0 Å². The van der Waals surface area contributed by atoms with E-state index in [9.17, 15) is 0 Å². The third-order valence-corrected chi connectivity index (χ3v) is 3.74. The first-order valence-corrected chi connectivity index (χ1v) is 9.36. The minimum Gasteiger partial charge on any atom is -0.0882 e. The van der Waals surface area contributed by atoms with Gasteiger partial charge in [-0.3, -0.25) is 0 Å². The first kappa shape index (κ1) is 20.2. The largest absolute Gasteiger partial charge is 0.0882 e. The SMILES string of the molecule is CCCCC/C=C/C/C=C/C/C=C/CCCCCCCC. The third kappa shape index (κ3) is 19.2. The van der Waals surface area contributed by atoms with Crippen molar-refractivity contribution >= 4 is 0 Å². The highest BCUT2D eigenvalue weighted by atomic mass is 13.9. The first-order valence-electron chi connectivity index (χ1n) is 9.36. The molecule has 0 bridgehead atoms. The Balaban J connectivity index is 3.24. The van der Waals surface area contributed by atoms with Crippen LogP contribution in [0, 0.1) is 0 Å². The average molecular weight is 291 g/mol. The quantitative estimate of drug-likeness (QED) is 0.213. The maximum absolute atomic E-state index is 2.35. The number of hydrogen-bond acceptors (Lipinski definition) is 0. The normalized spacial score (nSPS) is 12.3. The highest BCUT2D eigenvalue weighted by Gasteiger charge is 1.87. The van der Waals surface area contributed by atoms with Gasteiger partial charge in [0.05, 0.1) is 0 Å². The summed E-state index contributed by atoms with van der Waals surface area (Å²) in [6.45, 7) is 4.53. The molecule has 0 saturated carbocycles. The molecular formula is C21H38. The maximum atomic E-state index is 2.35. The lowest BCUT2D eigenvalue weighted by molar-refractivity contribution is 0.611. The van der Waals surface area contributed by atoms with E-state index in [-0.39, 0.29) is 0 Å². The molecule has 0 aromatic rings. The number of allylic oxidation sites excluding steroid dienone is 6. The van der Waals surface area contributed by atoms with E-state index in [1.807, 2.05) is 0 Å². The zero-order chi connectivity index (χ0) is 15.4. The van der Waals surface area contributed by atoms with Crippen LogP contribution in [0.1, 0.15) is 97.3 Å². The molecule has 0 N–H and O–H groups in total. The zero-order valence-electron chi connectivity index (χ0n) is 14.7. The minimum absolute atomic E-state index is 1.09. The molecule has 0 nitrogen and oxygen atoms in total. The van der Waals surface area contributed by atoms with Crippen molar-refractivity contribution < 1.29 is 0 Å². The third-order valence-electron chi connectivity index (χ3n) is 3.74. The standard InChI is InChI=1S/C21H38/c1-3-5-7-9-11-13-15-17-19-21-20-18-16-14-12-10-8-6-4-2/h11,13,17-20H,3-10,12,14-16,21H2,1-2H3/b13-11+,19-17+,20-18+. The van der Waals surface area contributed by atoms with E-state index in [2.05, 4.69) is 50.3 Å². The van der Waals surface area contributed by atoms with Gasteiger partial charge in [-0.2, -0.15) is 0 Å². The summed E-state index contributed by atoms with van der Waals surface area (Å²) < 4.78 is 0. The molecule has 0 unspecified atom stereocenters. The van der Waals surface area contributed by atoms with Crippen molar-refractivity contribution in [3.05, 3.63) is 36.5 Å². The topological polar surface area (TPSA) is 0 Å². The van der Waals surface area contributed by atoms with Crippen LogP contribution in [0.25, 0.3) is 0 Å². The van der Waals surface area contributed by atoms with Gasteiger partial charge in [0.15, 0.2) is 0 Å². The van der Waals surface area contributed by atoms with Gasteiger partial charge in [0.25, 0.3) is 0 Å². The van der Waals surface area contributed by atoms with Crippen molar-refractivity contribution in [2.75, 3.05) is 0 Å². The fourth-order valence-electron chi connectivity index (χ4n) is 2.33. The molecule has 0 aliphatic rings. The summed E-state index contributed by atoms with van der Waals surface area (Å²) in [4.78, 5) is 0. The Hall–Kier alpha value is -0.780. The molecule has 0 aliphatic carbocycles. The molecule has 0 heterocycles. The van der Waals surface area contributed by atoms with Gasteiger partial charge in [0.2, 0.25) is 0 Å². The second kappa shape index (κ2) is 19.2. The molecule has 122 valence electrons. The fourth-order valence-corrected chi connectivity index (χ4v) is 2.33. The first-order chi connectivity index (χ1) is 10.4. The van der Waals surface area contributed by atoms with Crippen LogP contribution >= 0.6 is 0 Å². The van der Waals surface area contributed by atoms with Crippen LogP contribution in [0.4, 0.5) is 0 Å². The molecule has 0 saturated heterocycles. The van der Waals surface area contributed by atoms with Crippen molar-refractivity contribution in [2.24, 2.45) is 0 Å². The summed E-state index contributed by atoms with van der Waals surface area (Å²) in [5, 5.41) is 0. The van der Waals surface area contributed by atoms with Crippen molar-refractivity contribution in [3.63, 3.8) is 0 Å². The van der Waals surface area contributed by atoms with Crippen molar-refractivity contribution in [2.45, 2.75) is 97.3 Å². The van der Waals surface area contributed by atoms with Crippen molar-refractivity contribution in [3.8, 4) is 0 Å². The van der Waals surface area contributed by atoms with E-state index in [0.717, 1.165) is 12.8 Å². The summed E-state index contributed by atoms with van der Waals surface area (Å²) in [5.41, 5.74) is 0. The molecule has 0 aliphatic heterocycles. The Bertz CT molecular complexity index is 257. The van der Waals surface area contributed by atoms with Gasteiger partial charge in [0, 0.05) is 0 Å². The van der Waals surface area contributed by atoms with Crippen LogP contribution < -0.4 is 0 Å². The summed E-state index contributed by atoms with van der Waals surface area (Å²) in [6, 6.07) is 0. The summed E-state index contributed by atoms with van der Waals surface area (Å²) >= 11 is 0. The van der Waals surface area contributed by atoms with Gasteiger partial charge in [0.1, 0.15) is 0 Å². The van der Waals surface area contributed by atoms with E-state index < -0.39 is 0 Å². The van der Waals surface area contributed by atoms with Crippen LogP contribution in [-0.4, -0.2) is 0 Å². The number of unbranched alkanes of at least 4 members (excludes halogenated alkanes) is 9. The molecule has 0 radical (unpaired) electrons. The molecule has 0 aromatic heterocycles. The van der Waals surface area contributed by atoms with Crippen molar-refractivity contribution in [1.29, 1.82) is 0 Å². The number of rotatable bonds is 15. The Labute approximate surface area is 134 Å². The predicted octanol–water partition coefficient (Wildman–Crippen LogP) is 7.77. The van der Waals surface area contributed by atoms with Gasteiger partial charge in [-0.15, -0.1) is 0 Å². The van der Waals surface area contributed by atoms with Crippen LogP contribution in [0.2, 0.25) is 0 Å². The van der Waals surface area contributed by atoms with Gasteiger partial charge < -0.3 is 0 Å². The molecule has 0 rings (SSSR count). The molecule has 21 heavy (non-hydrogen) atoms. The predicted molar refractivity (Wildman–Crippen MR) is 98.8 cm³/mol. The highest BCUT2D eigenvalue weighted by molar-refractivity contribution is 4.97. The van der Waals surface area contributed by atoms with Gasteiger partial charge in [-0.05, 0) is 38.5 Å². The lowest BCUT2D eigenvalue weighted by Gasteiger charge is -1.97. The summed E-state index contributed by atoms with van der Waals surface area (Å²) in [7, 11) is 0. The van der Waals surface area contributed by atoms with Crippen molar-refractivity contribution in [1.82, 2.24) is 0 Å². The zero-order valence-corrected chi connectivity index (χ0v) is 14.7. The van der Waals surface area contributed by atoms with Gasteiger partial charge in [-0.25, -0.2) is 0 Å². The van der Waals surface area contributed by atoms with Crippen LogP contribution in [0.3, 0.4) is 0 Å². The summed E-state index contributed by atoms with van der Waals surface area (Å²) in [5.74, 6) is 0. The Morgan fingerprint density at radius 3 is 1.38 bits per heavy atom. The molecule has 0 fully saturated rings. The van der Waals surface area contributed by atoms with Crippen LogP contribution in [-0.2, 0) is 0 Å². The summed E-state index contributed by atoms with van der Waals surface area (Å²) in [6.07, 6.45) is 31.0. The average Bonchev–Trinajstić information content (AvgIpc) is 2.50. The molecule has 0 atom stereocenters. The number of hydrogen-bond donors (Lipinski definition) is 0. The lowest BCUT2D eigenvalue weighted by Crippen LogP contribution is -1.77. The second-order valence-corrected chi connectivity index (χ2v) is 5.94. The van der Waals surface area contributed by atoms with E-state index in [1.54, 1.807) is 0 Å². The smallest absolute Gasteiger partial charge is 0.0169 e. The minimum atomic E-state index is 1.09. The molecule has 0 spiro atoms. The van der Waals surface area contributed by atoms with E-state index in [1.165, 1.54) is 70.6 Å². The van der Waals surface area contributed by atoms with Crippen LogP contribution in [0.5, 0.6) is 0 Å². The monoisotopic (exact) mass is 290 g/mol. The second-order valence-electron chi connectivity index (χ2n) is 5.94. The molecule has 0 aromatic carbocycles. The Morgan fingerprint density at radius 2 is 0.810 bits per heavy atom. The fraction of sp³-hybridized carbons (Fsp3) is 0.714. The van der Waals surface area contributed by atoms with Gasteiger partial charge in [-0.1, -0.05) is 95.2 Å². The lowest BCUT2D eigenvalue weighted by atomic mass is 10.1. The Morgan fingerprint density at radius 1 is 0.429 bits per heavy atom. The van der Waals surface area contributed by atoms with E-state index >= 15 is 0 Å². The Kier molecular flexibility index (Phi) is 18.5.